The highest BCUT2D eigenvalue weighted by atomic mass is 35.5. The molecule has 0 saturated heterocycles. The van der Waals surface area contributed by atoms with Crippen molar-refractivity contribution in [2.24, 2.45) is 0 Å². The van der Waals surface area contributed by atoms with Gasteiger partial charge in [0.2, 0.25) is 0 Å². The van der Waals surface area contributed by atoms with Crippen LogP contribution in [0.4, 0.5) is 13.2 Å². The Hall–Kier alpha value is -1.80. The number of fused-ring (bicyclic) bond motifs is 1. The van der Waals surface area contributed by atoms with Gasteiger partial charge in [-0.05, 0) is 26.6 Å². The molecule has 0 fully saturated rings. The van der Waals surface area contributed by atoms with Gasteiger partial charge in [0.25, 0.3) is 5.91 Å². The number of nitrogens with zero attached hydrogens (tertiary/aromatic N) is 3. The van der Waals surface area contributed by atoms with Gasteiger partial charge < -0.3 is 10.2 Å². The number of hydrogen-bond acceptors (Lipinski definition) is 3. The van der Waals surface area contributed by atoms with Crippen molar-refractivity contribution in [3.63, 3.8) is 0 Å². The average molecular weight is 363 g/mol. The summed E-state index contributed by atoms with van der Waals surface area (Å²) in [5, 5.41) is 2.55. The summed E-state index contributed by atoms with van der Waals surface area (Å²) in [5.74, 6) is -0.475. The predicted molar refractivity (Wildman–Crippen MR) is 85.5 cm³/mol. The Bertz CT molecular complexity index is 755. The number of pyridine rings is 1. The van der Waals surface area contributed by atoms with Crippen LogP contribution in [0, 0.1) is 0 Å². The minimum absolute atomic E-state index is 0.0826. The molecule has 2 aromatic rings. The standard InChI is InChI=1S/C15H18ClF3N4O/c1-4-11-12(14(24)20-5-6-22(2)3)23-8-9(15(17,18)19)7-10(16)13(23)21-11/h7-8H,4-6H2,1-3H3,(H,20,24). The van der Waals surface area contributed by atoms with Gasteiger partial charge in [-0.2, -0.15) is 13.2 Å². The lowest BCUT2D eigenvalue weighted by Gasteiger charge is -2.12. The zero-order valence-corrected chi connectivity index (χ0v) is 14.3. The number of alkyl halides is 3. The number of likely N-dealkylation sites (N-methyl/N-ethyl adjacent to an activating group) is 1. The maximum Gasteiger partial charge on any atom is 0.417 e. The van der Waals surface area contributed by atoms with Crippen LogP contribution in [0.1, 0.15) is 28.7 Å². The van der Waals surface area contributed by atoms with E-state index in [9.17, 15) is 18.0 Å². The van der Waals surface area contributed by atoms with Crippen LogP contribution in [0.15, 0.2) is 12.3 Å². The maximum absolute atomic E-state index is 13.0. The first-order chi connectivity index (χ1) is 11.1. The quantitative estimate of drug-likeness (QED) is 0.889. The smallest absolute Gasteiger partial charge is 0.349 e. The zero-order chi connectivity index (χ0) is 18.1. The normalized spacial score (nSPS) is 12.2. The number of aryl methyl sites for hydroxylation is 1. The number of rotatable bonds is 5. The van der Waals surface area contributed by atoms with Gasteiger partial charge in [-0.3, -0.25) is 9.20 Å². The first-order valence-corrected chi connectivity index (χ1v) is 7.73. The number of carbonyl (C=O) groups excluding carboxylic acids is 1. The van der Waals surface area contributed by atoms with Crippen molar-refractivity contribution in [3.8, 4) is 0 Å². The average Bonchev–Trinajstić information content (AvgIpc) is 2.85. The van der Waals surface area contributed by atoms with Gasteiger partial charge in [-0.15, -0.1) is 0 Å². The topological polar surface area (TPSA) is 49.6 Å². The van der Waals surface area contributed by atoms with Gasteiger partial charge in [0, 0.05) is 19.3 Å². The van der Waals surface area contributed by atoms with Gasteiger partial charge >= 0.3 is 6.18 Å². The van der Waals surface area contributed by atoms with E-state index >= 15 is 0 Å². The molecule has 132 valence electrons. The Morgan fingerprint density at radius 3 is 2.62 bits per heavy atom. The predicted octanol–water partition coefficient (Wildman–Crippen LogP) is 2.86. The van der Waals surface area contributed by atoms with E-state index in [1.807, 2.05) is 19.0 Å². The third-order valence-corrected chi connectivity index (χ3v) is 3.75. The molecule has 0 spiro atoms. The van der Waals surface area contributed by atoms with Crippen LogP contribution in [0.2, 0.25) is 5.02 Å². The monoisotopic (exact) mass is 362 g/mol. The fourth-order valence-corrected chi connectivity index (χ4v) is 2.52. The van der Waals surface area contributed by atoms with Gasteiger partial charge in [0.05, 0.1) is 16.3 Å². The van der Waals surface area contributed by atoms with E-state index in [2.05, 4.69) is 10.3 Å². The van der Waals surface area contributed by atoms with Crippen molar-refractivity contribution in [3.05, 3.63) is 34.2 Å². The first kappa shape index (κ1) is 18.5. The lowest BCUT2D eigenvalue weighted by Crippen LogP contribution is -2.32. The summed E-state index contributed by atoms with van der Waals surface area (Å²) in [5.41, 5.74) is -0.306. The molecule has 2 aromatic heterocycles. The molecule has 0 aromatic carbocycles. The molecule has 0 saturated carbocycles. The fourth-order valence-electron chi connectivity index (χ4n) is 2.27. The summed E-state index contributed by atoms with van der Waals surface area (Å²) in [6, 6.07) is 0.817. The van der Waals surface area contributed by atoms with Crippen LogP contribution in [0.3, 0.4) is 0 Å². The Balaban J connectivity index is 2.50. The third kappa shape index (κ3) is 3.81. The summed E-state index contributed by atoms with van der Waals surface area (Å²) in [4.78, 5) is 18.5. The first-order valence-electron chi connectivity index (χ1n) is 7.35. The highest BCUT2D eigenvalue weighted by Crippen LogP contribution is 2.33. The van der Waals surface area contributed by atoms with E-state index in [0.29, 0.717) is 25.2 Å². The molecule has 2 heterocycles. The van der Waals surface area contributed by atoms with E-state index in [4.69, 9.17) is 11.6 Å². The maximum atomic E-state index is 13.0. The lowest BCUT2D eigenvalue weighted by molar-refractivity contribution is -0.137. The highest BCUT2D eigenvalue weighted by Gasteiger charge is 2.33. The second kappa shape index (κ2) is 6.98. The van der Waals surface area contributed by atoms with E-state index in [0.717, 1.165) is 16.7 Å². The number of amides is 1. The molecule has 0 aliphatic carbocycles. The van der Waals surface area contributed by atoms with Crippen LogP contribution in [0.5, 0.6) is 0 Å². The molecule has 1 amide bonds. The molecule has 0 unspecified atom stereocenters. The Labute approximate surface area is 142 Å². The lowest BCUT2D eigenvalue weighted by atomic mass is 10.2. The second-order valence-corrected chi connectivity index (χ2v) is 6.00. The molecule has 24 heavy (non-hydrogen) atoms. The number of nitrogens with one attached hydrogen (secondary N) is 1. The fraction of sp³-hybridized carbons (Fsp3) is 0.467. The van der Waals surface area contributed by atoms with E-state index in [-0.39, 0.29) is 16.4 Å². The number of hydrogen-bond donors (Lipinski definition) is 1. The van der Waals surface area contributed by atoms with Gasteiger partial charge in [-0.1, -0.05) is 18.5 Å². The van der Waals surface area contributed by atoms with E-state index < -0.39 is 17.6 Å². The van der Waals surface area contributed by atoms with Gasteiger partial charge in [-0.25, -0.2) is 4.98 Å². The minimum Gasteiger partial charge on any atom is -0.349 e. The largest absolute Gasteiger partial charge is 0.417 e. The van der Waals surface area contributed by atoms with Crippen LogP contribution >= 0.6 is 11.6 Å². The second-order valence-electron chi connectivity index (χ2n) is 5.59. The third-order valence-electron chi connectivity index (χ3n) is 3.47. The Kier molecular flexibility index (Phi) is 5.39. The molecule has 1 N–H and O–H groups in total. The summed E-state index contributed by atoms with van der Waals surface area (Å²) in [7, 11) is 3.71. The van der Waals surface area contributed by atoms with Crippen molar-refractivity contribution < 1.29 is 18.0 Å². The Morgan fingerprint density at radius 1 is 1.42 bits per heavy atom. The number of aromatic nitrogens is 2. The van der Waals surface area contributed by atoms with Crippen LogP contribution < -0.4 is 5.32 Å². The van der Waals surface area contributed by atoms with E-state index in [1.54, 1.807) is 6.92 Å². The molecule has 0 radical (unpaired) electrons. The van der Waals surface area contributed by atoms with Gasteiger partial charge in [0.1, 0.15) is 5.69 Å². The van der Waals surface area contributed by atoms with Crippen molar-refractivity contribution in [2.45, 2.75) is 19.5 Å². The summed E-state index contributed by atoms with van der Waals surface area (Å²) in [6.07, 6.45) is -3.31. The molecule has 0 aliphatic rings. The highest BCUT2D eigenvalue weighted by molar-refractivity contribution is 6.33. The molecular weight excluding hydrogens is 345 g/mol. The zero-order valence-electron chi connectivity index (χ0n) is 13.5. The minimum atomic E-state index is -4.56. The molecular formula is C15H18ClF3N4O. The van der Waals surface area contributed by atoms with Crippen molar-refractivity contribution >= 4 is 23.2 Å². The number of carbonyl (C=O) groups is 1. The molecule has 0 aliphatic heterocycles. The molecule has 0 atom stereocenters. The van der Waals surface area contributed by atoms with Crippen molar-refractivity contribution in [1.82, 2.24) is 19.6 Å². The summed E-state index contributed by atoms with van der Waals surface area (Å²) < 4.78 is 40.2. The van der Waals surface area contributed by atoms with Crippen molar-refractivity contribution in [2.75, 3.05) is 27.2 Å². The molecule has 9 heteroatoms. The van der Waals surface area contributed by atoms with E-state index in [1.165, 1.54) is 0 Å². The number of imidazole rings is 1. The summed E-state index contributed by atoms with van der Waals surface area (Å²) in [6.45, 7) is 2.75. The van der Waals surface area contributed by atoms with Crippen LogP contribution in [0.25, 0.3) is 5.65 Å². The SMILES string of the molecule is CCc1nc2c(Cl)cc(C(F)(F)F)cn2c1C(=O)NCCN(C)C. The van der Waals surface area contributed by atoms with Crippen LogP contribution in [-0.4, -0.2) is 47.4 Å². The summed E-state index contributed by atoms with van der Waals surface area (Å²) >= 11 is 5.94. The van der Waals surface area contributed by atoms with Crippen molar-refractivity contribution in [1.29, 1.82) is 0 Å². The molecule has 5 nitrogen and oxygen atoms in total. The van der Waals surface area contributed by atoms with Crippen LogP contribution in [-0.2, 0) is 12.6 Å². The Morgan fingerprint density at radius 2 is 2.08 bits per heavy atom. The number of halogens is 4. The molecule has 2 rings (SSSR count). The molecule has 0 bridgehead atoms. The van der Waals surface area contributed by atoms with Gasteiger partial charge in [0.15, 0.2) is 5.65 Å².